The summed E-state index contributed by atoms with van der Waals surface area (Å²) in [7, 11) is 0. The lowest BCUT2D eigenvalue weighted by Crippen LogP contribution is -2.00. The van der Waals surface area contributed by atoms with Gasteiger partial charge in [-0.1, -0.05) is 30.3 Å². The van der Waals surface area contributed by atoms with E-state index in [9.17, 15) is 5.26 Å². The van der Waals surface area contributed by atoms with E-state index in [1.807, 2.05) is 37.3 Å². The Balaban J connectivity index is 2.21. The first-order chi connectivity index (χ1) is 9.35. The first-order valence-corrected chi connectivity index (χ1v) is 5.98. The minimum absolute atomic E-state index is 0.381. The third kappa shape index (κ3) is 3.19. The number of ether oxygens (including phenoxy) is 1. The van der Waals surface area contributed by atoms with Crippen LogP contribution < -0.4 is 0 Å². The number of imidazole rings is 1. The number of benzene rings is 1. The van der Waals surface area contributed by atoms with Crippen LogP contribution >= 0.6 is 0 Å². The highest BCUT2D eigenvalue weighted by atomic mass is 16.5. The maximum atomic E-state index is 9.20. The molecule has 5 heteroatoms. The molecular formula is C14H14N4O. The van der Waals surface area contributed by atoms with Gasteiger partial charge in [-0.15, -0.1) is 0 Å². The molecule has 0 aliphatic rings. The zero-order chi connectivity index (χ0) is 13.5. The molecule has 0 aliphatic carbocycles. The number of hydrogen-bond donors (Lipinski definition) is 0. The smallest absolute Gasteiger partial charge is 0.191 e. The van der Waals surface area contributed by atoms with Crippen LogP contribution in [0, 0.1) is 11.3 Å². The summed E-state index contributed by atoms with van der Waals surface area (Å²) in [5.41, 5.74) is 1.54. The van der Waals surface area contributed by atoms with Gasteiger partial charge in [-0.25, -0.2) is 4.98 Å². The fraction of sp³-hybridized carbons (Fsp3) is 0.214. The third-order valence-corrected chi connectivity index (χ3v) is 2.54. The van der Waals surface area contributed by atoms with E-state index >= 15 is 0 Å². The van der Waals surface area contributed by atoms with Crippen molar-refractivity contribution in [1.29, 1.82) is 5.26 Å². The van der Waals surface area contributed by atoms with E-state index in [1.54, 1.807) is 10.9 Å². The van der Waals surface area contributed by atoms with Crippen molar-refractivity contribution in [3.8, 4) is 6.07 Å². The van der Waals surface area contributed by atoms with Crippen LogP contribution in [0.3, 0.4) is 0 Å². The molecule has 0 fully saturated rings. The highest BCUT2D eigenvalue weighted by Gasteiger charge is 2.09. The van der Waals surface area contributed by atoms with Gasteiger partial charge in [0.15, 0.2) is 17.9 Å². The number of aromatic nitrogens is 2. The summed E-state index contributed by atoms with van der Waals surface area (Å²) in [5, 5.41) is 9.20. The molecule has 1 aromatic carbocycles. The Morgan fingerprint density at radius 1 is 1.42 bits per heavy atom. The molecule has 2 rings (SSSR count). The van der Waals surface area contributed by atoms with Crippen molar-refractivity contribution in [2.24, 2.45) is 4.99 Å². The van der Waals surface area contributed by atoms with E-state index in [0.717, 1.165) is 5.56 Å². The van der Waals surface area contributed by atoms with Crippen molar-refractivity contribution >= 4 is 12.2 Å². The third-order valence-electron chi connectivity index (χ3n) is 2.54. The van der Waals surface area contributed by atoms with Crippen molar-refractivity contribution < 1.29 is 4.74 Å². The van der Waals surface area contributed by atoms with Crippen molar-refractivity contribution in [1.82, 2.24) is 9.55 Å². The van der Waals surface area contributed by atoms with Crippen LogP contribution in [0.4, 0.5) is 5.82 Å². The van der Waals surface area contributed by atoms with Gasteiger partial charge >= 0.3 is 0 Å². The molecule has 1 heterocycles. The lowest BCUT2D eigenvalue weighted by molar-refractivity contribution is 0.344. The largest absolute Gasteiger partial charge is 0.483 e. The second-order valence-electron chi connectivity index (χ2n) is 3.83. The maximum absolute atomic E-state index is 9.20. The summed E-state index contributed by atoms with van der Waals surface area (Å²) in [4.78, 5) is 8.14. The van der Waals surface area contributed by atoms with Gasteiger partial charge in [-0.2, -0.15) is 10.3 Å². The molecule has 0 aliphatic heterocycles. The predicted molar refractivity (Wildman–Crippen MR) is 72.3 cm³/mol. The molecule has 19 heavy (non-hydrogen) atoms. The Morgan fingerprint density at radius 3 is 2.89 bits per heavy atom. The summed E-state index contributed by atoms with van der Waals surface area (Å²) < 4.78 is 6.79. The molecule has 0 bridgehead atoms. The number of aliphatic imine (C=N–C) groups is 1. The number of nitriles is 1. The van der Waals surface area contributed by atoms with Gasteiger partial charge in [-0.05, 0) is 12.5 Å². The number of rotatable bonds is 5. The summed E-state index contributed by atoms with van der Waals surface area (Å²) >= 11 is 0. The normalized spacial score (nSPS) is 10.5. The molecular weight excluding hydrogens is 240 g/mol. The fourth-order valence-electron chi connectivity index (χ4n) is 1.64. The van der Waals surface area contributed by atoms with E-state index in [1.165, 1.54) is 6.40 Å². The lowest BCUT2D eigenvalue weighted by Gasteiger charge is -2.03. The van der Waals surface area contributed by atoms with Gasteiger partial charge in [0.2, 0.25) is 0 Å². The second-order valence-corrected chi connectivity index (χ2v) is 3.83. The van der Waals surface area contributed by atoms with Gasteiger partial charge in [0.05, 0.1) is 12.9 Å². The van der Waals surface area contributed by atoms with Crippen LogP contribution in [-0.2, 0) is 11.3 Å². The number of hydrogen-bond acceptors (Lipinski definition) is 4. The molecule has 0 saturated heterocycles. The standard InChI is InChI=1S/C14H14N4O/c1-2-19-11-17-14-13(8-15)18(10-16-14)9-12-6-4-3-5-7-12/h3-7,10-11H,2,9H2,1H3/b17-11+. The van der Waals surface area contributed by atoms with E-state index in [-0.39, 0.29) is 0 Å². The van der Waals surface area contributed by atoms with Crippen LogP contribution in [0.1, 0.15) is 18.2 Å². The van der Waals surface area contributed by atoms with E-state index in [0.29, 0.717) is 24.7 Å². The second kappa shape index (κ2) is 6.36. The van der Waals surface area contributed by atoms with Crippen molar-refractivity contribution in [3.05, 3.63) is 47.9 Å². The molecule has 1 aromatic heterocycles. The highest BCUT2D eigenvalue weighted by molar-refractivity contribution is 5.57. The van der Waals surface area contributed by atoms with Crippen LogP contribution in [-0.4, -0.2) is 22.6 Å². The predicted octanol–water partition coefficient (Wildman–Crippen LogP) is 2.50. The van der Waals surface area contributed by atoms with Crippen molar-refractivity contribution in [3.63, 3.8) is 0 Å². The minimum atomic E-state index is 0.381. The molecule has 0 radical (unpaired) electrons. The van der Waals surface area contributed by atoms with Gasteiger partial charge in [0, 0.05) is 6.54 Å². The van der Waals surface area contributed by atoms with Gasteiger partial charge in [0.25, 0.3) is 0 Å². The fourth-order valence-corrected chi connectivity index (χ4v) is 1.64. The molecule has 2 aromatic rings. The highest BCUT2D eigenvalue weighted by Crippen LogP contribution is 2.16. The summed E-state index contributed by atoms with van der Waals surface area (Å²) in [6.45, 7) is 3.00. The molecule has 5 nitrogen and oxygen atoms in total. The van der Waals surface area contributed by atoms with Crippen molar-refractivity contribution in [2.75, 3.05) is 6.61 Å². The average Bonchev–Trinajstić information content (AvgIpc) is 2.82. The van der Waals surface area contributed by atoms with Gasteiger partial charge < -0.3 is 9.30 Å². The first kappa shape index (κ1) is 12.8. The van der Waals surface area contributed by atoms with E-state index in [2.05, 4.69) is 16.0 Å². The van der Waals surface area contributed by atoms with E-state index < -0.39 is 0 Å². The Kier molecular flexibility index (Phi) is 4.29. The van der Waals surface area contributed by atoms with E-state index in [4.69, 9.17) is 4.74 Å². The molecule has 0 saturated carbocycles. The maximum Gasteiger partial charge on any atom is 0.191 e. The van der Waals surface area contributed by atoms with Crippen LogP contribution in [0.2, 0.25) is 0 Å². The Bertz CT molecular complexity index is 596. The SMILES string of the molecule is CCO/C=N/c1ncn(Cc2ccccc2)c1C#N. The average molecular weight is 254 g/mol. The molecule has 96 valence electrons. The lowest BCUT2D eigenvalue weighted by atomic mass is 10.2. The van der Waals surface area contributed by atoms with Crippen molar-refractivity contribution in [2.45, 2.75) is 13.5 Å². The summed E-state index contributed by atoms with van der Waals surface area (Å²) in [6.07, 6.45) is 2.93. The molecule has 0 unspecified atom stereocenters. The zero-order valence-corrected chi connectivity index (χ0v) is 10.7. The zero-order valence-electron chi connectivity index (χ0n) is 10.7. The summed E-state index contributed by atoms with van der Waals surface area (Å²) in [6, 6.07) is 12.0. The Morgan fingerprint density at radius 2 is 2.21 bits per heavy atom. The first-order valence-electron chi connectivity index (χ1n) is 5.98. The summed E-state index contributed by atoms with van der Waals surface area (Å²) in [5.74, 6) is 0.381. The van der Waals surface area contributed by atoms with Gasteiger partial charge in [-0.3, -0.25) is 0 Å². The molecule has 0 N–H and O–H groups in total. The molecule has 0 amide bonds. The number of nitrogens with zero attached hydrogens (tertiary/aromatic N) is 4. The molecule has 0 spiro atoms. The molecule has 0 atom stereocenters. The Labute approximate surface area is 111 Å². The minimum Gasteiger partial charge on any atom is -0.483 e. The monoisotopic (exact) mass is 254 g/mol. The van der Waals surface area contributed by atoms with Gasteiger partial charge in [0.1, 0.15) is 6.07 Å². The topological polar surface area (TPSA) is 63.2 Å². The van der Waals surface area contributed by atoms with Crippen LogP contribution in [0.25, 0.3) is 0 Å². The Hall–Kier alpha value is -2.61. The quantitative estimate of drug-likeness (QED) is 0.608. The van der Waals surface area contributed by atoms with Crippen LogP contribution in [0.5, 0.6) is 0 Å². The van der Waals surface area contributed by atoms with Crippen LogP contribution in [0.15, 0.2) is 41.7 Å².